The molecule has 0 spiro atoms. The van der Waals surface area contributed by atoms with E-state index in [-0.39, 0.29) is 11.3 Å². The molecule has 100 valence electrons. The molecule has 1 aliphatic rings. The minimum absolute atomic E-state index is 0.117. The van der Waals surface area contributed by atoms with Gasteiger partial charge in [-0.1, -0.05) is 12.8 Å². The van der Waals surface area contributed by atoms with Crippen LogP contribution in [0.1, 0.15) is 38.2 Å². The largest absolute Gasteiger partial charge is 0.369 e. The van der Waals surface area contributed by atoms with Gasteiger partial charge >= 0.3 is 0 Å². The third-order valence-corrected chi connectivity index (χ3v) is 3.68. The second-order valence-corrected chi connectivity index (χ2v) is 4.96. The van der Waals surface area contributed by atoms with Gasteiger partial charge in [0, 0.05) is 24.3 Å². The Morgan fingerprint density at radius 2 is 2.21 bits per heavy atom. The first-order chi connectivity index (χ1) is 9.13. The van der Waals surface area contributed by atoms with Crippen molar-refractivity contribution in [3.63, 3.8) is 0 Å². The van der Waals surface area contributed by atoms with Gasteiger partial charge in [-0.3, -0.25) is 10.1 Å². The number of nitro groups is 1. The topological polar surface area (TPSA) is 70.2 Å². The smallest absolute Gasteiger partial charge is 0.287 e. The average Bonchev–Trinajstić information content (AvgIpc) is 2.62. The van der Waals surface area contributed by atoms with E-state index in [4.69, 9.17) is 5.26 Å². The van der Waals surface area contributed by atoms with E-state index < -0.39 is 4.92 Å². The van der Waals surface area contributed by atoms with Crippen molar-refractivity contribution in [3.8, 4) is 6.07 Å². The van der Waals surface area contributed by atoms with Crippen molar-refractivity contribution < 1.29 is 4.92 Å². The van der Waals surface area contributed by atoms with Crippen LogP contribution in [0.4, 0.5) is 11.4 Å². The van der Waals surface area contributed by atoms with E-state index in [9.17, 15) is 10.1 Å². The van der Waals surface area contributed by atoms with Crippen molar-refractivity contribution in [3.05, 3.63) is 33.9 Å². The lowest BCUT2D eigenvalue weighted by molar-refractivity contribution is -0.385. The molecule has 2 rings (SSSR count). The number of nitrogens with zero attached hydrogens (tertiary/aromatic N) is 3. The summed E-state index contributed by atoms with van der Waals surface area (Å²) in [4.78, 5) is 12.6. The number of rotatable bonds is 2. The lowest BCUT2D eigenvalue weighted by Gasteiger charge is -2.29. The minimum Gasteiger partial charge on any atom is -0.369 e. The second kappa shape index (κ2) is 5.70. The maximum atomic E-state index is 10.8. The normalized spacial score (nSPS) is 19.6. The van der Waals surface area contributed by atoms with Crippen molar-refractivity contribution in [2.45, 2.75) is 38.6 Å². The Balaban J connectivity index is 2.35. The molecule has 1 atom stereocenters. The quantitative estimate of drug-likeness (QED) is 0.604. The van der Waals surface area contributed by atoms with Crippen molar-refractivity contribution in [2.75, 3.05) is 11.4 Å². The molecule has 5 heteroatoms. The number of anilines is 1. The first-order valence-electron chi connectivity index (χ1n) is 6.58. The highest BCUT2D eigenvalue weighted by molar-refractivity contribution is 5.60. The van der Waals surface area contributed by atoms with Crippen LogP contribution in [-0.2, 0) is 0 Å². The maximum Gasteiger partial charge on any atom is 0.287 e. The van der Waals surface area contributed by atoms with E-state index in [1.807, 2.05) is 6.07 Å². The van der Waals surface area contributed by atoms with Crippen LogP contribution in [-0.4, -0.2) is 17.5 Å². The molecule has 1 saturated heterocycles. The highest BCUT2D eigenvalue weighted by Crippen LogP contribution is 2.28. The molecule has 0 amide bonds. The van der Waals surface area contributed by atoms with Gasteiger partial charge < -0.3 is 4.90 Å². The monoisotopic (exact) mass is 259 g/mol. The summed E-state index contributed by atoms with van der Waals surface area (Å²) in [6.45, 7) is 3.11. The number of nitro benzene ring substituents is 1. The van der Waals surface area contributed by atoms with E-state index in [1.165, 1.54) is 18.9 Å². The SMILES string of the molecule is CC1CCCCCN1c1ccc([N+](=O)[O-])c(C#N)c1. The number of benzene rings is 1. The Morgan fingerprint density at radius 1 is 1.42 bits per heavy atom. The lowest BCUT2D eigenvalue weighted by Crippen LogP contribution is -2.32. The van der Waals surface area contributed by atoms with Gasteiger partial charge in [0.05, 0.1) is 4.92 Å². The molecule has 1 aromatic rings. The van der Waals surface area contributed by atoms with Crippen molar-refractivity contribution in [2.24, 2.45) is 0 Å². The fourth-order valence-electron chi connectivity index (χ4n) is 2.61. The zero-order valence-electron chi connectivity index (χ0n) is 11.0. The second-order valence-electron chi connectivity index (χ2n) is 4.96. The number of hydrogen-bond donors (Lipinski definition) is 0. The molecule has 0 N–H and O–H groups in total. The Morgan fingerprint density at radius 3 is 2.89 bits per heavy atom. The van der Waals surface area contributed by atoms with E-state index in [0.717, 1.165) is 25.1 Å². The summed E-state index contributed by atoms with van der Waals surface area (Å²) in [5.41, 5.74) is 0.934. The molecule has 1 heterocycles. The average molecular weight is 259 g/mol. The van der Waals surface area contributed by atoms with Crippen LogP contribution in [0.3, 0.4) is 0 Å². The zero-order valence-corrected chi connectivity index (χ0v) is 11.0. The van der Waals surface area contributed by atoms with Crippen molar-refractivity contribution in [1.29, 1.82) is 5.26 Å². The van der Waals surface area contributed by atoms with Crippen LogP contribution >= 0.6 is 0 Å². The number of hydrogen-bond acceptors (Lipinski definition) is 4. The maximum absolute atomic E-state index is 10.8. The molecule has 0 bridgehead atoms. The zero-order chi connectivity index (χ0) is 13.8. The van der Waals surface area contributed by atoms with Gasteiger partial charge in [-0.15, -0.1) is 0 Å². The van der Waals surface area contributed by atoms with Crippen LogP contribution in [0.15, 0.2) is 18.2 Å². The number of nitriles is 1. The molecule has 1 fully saturated rings. The summed E-state index contributed by atoms with van der Waals surface area (Å²) in [5, 5.41) is 19.9. The third kappa shape index (κ3) is 2.84. The van der Waals surface area contributed by atoms with Gasteiger partial charge in [0.25, 0.3) is 5.69 Å². The van der Waals surface area contributed by atoms with Gasteiger partial charge in [0.15, 0.2) is 0 Å². The molecule has 1 aromatic carbocycles. The van der Waals surface area contributed by atoms with Gasteiger partial charge in [0.2, 0.25) is 0 Å². The molecule has 19 heavy (non-hydrogen) atoms. The lowest BCUT2D eigenvalue weighted by atomic mass is 10.1. The molecule has 5 nitrogen and oxygen atoms in total. The molecule has 1 unspecified atom stereocenters. The minimum atomic E-state index is -0.506. The fourth-order valence-corrected chi connectivity index (χ4v) is 2.61. The van der Waals surface area contributed by atoms with Gasteiger partial charge in [0.1, 0.15) is 11.6 Å². The van der Waals surface area contributed by atoms with Crippen molar-refractivity contribution in [1.82, 2.24) is 0 Å². The third-order valence-electron chi connectivity index (χ3n) is 3.68. The summed E-state index contributed by atoms with van der Waals surface area (Å²) in [7, 11) is 0. The van der Waals surface area contributed by atoms with Crippen molar-refractivity contribution >= 4 is 11.4 Å². The summed E-state index contributed by atoms with van der Waals surface area (Å²) in [5.74, 6) is 0. The van der Waals surface area contributed by atoms with E-state index >= 15 is 0 Å². The highest BCUT2D eigenvalue weighted by atomic mass is 16.6. The standard InChI is InChI=1S/C14H17N3O2/c1-11-5-3-2-4-8-16(11)13-6-7-14(17(18)19)12(9-13)10-15/h6-7,9,11H,2-5,8H2,1H3. The summed E-state index contributed by atoms with van der Waals surface area (Å²) >= 11 is 0. The Hall–Kier alpha value is -2.09. The van der Waals surface area contributed by atoms with E-state index in [1.54, 1.807) is 12.1 Å². The Labute approximate surface area is 112 Å². The first-order valence-corrected chi connectivity index (χ1v) is 6.58. The van der Waals surface area contributed by atoms with Crippen LogP contribution < -0.4 is 4.90 Å². The fraction of sp³-hybridized carbons (Fsp3) is 0.500. The Kier molecular flexibility index (Phi) is 4.00. The molecule has 0 radical (unpaired) electrons. The first kappa shape index (κ1) is 13.3. The molecule has 0 aliphatic carbocycles. The van der Waals surface area contributed by atoms with Crippen LogP contribution in [0.25, 0.3) is 0 Å². The van der Waals surface area contributed by atoms with Crippen LogP contribution in [0.5, 0.6) is 0 Å². The van der Waals surface area contributed by atoms with E-state index in [0.29, 0.717) is 6.04 Å². The predicted molar refractivity (Wildman–Crippen MR) is 73.1 cm³/mol. The summed E-state index contributed by atoms with van der Waals surface area (Å²) < 4.78 is 0. The van der Waals surface area contributed by atoms with E-state index in [2.05, 4.69) is 11.8 Å². The van der Waals surface area contributed by atoms with Crippen LogP contribution in [0, 0.1) is 21.4 Å². The summed E-state index contributed by atoms with van der Waals surface area (Å²) in [6, 6.07) is 7.16. The summed E-state index contributed by atoms with van der Waals surface area (Å²) in [6.07, 6.45) is 4.69. The Bertz CT molecular complexity index is 522. The molecule has 0 aromatic heterocycles. The molecule has 0 saturated carbocycles. The van der Waals surface area contributed by atoms with Gasteiger partial charge in [-0.05, 0) is 31.9 Å². The van der Waals surface area contributed by atoms with Gasteiger partial charge in [-0.25, -0.2) is 0 Å². The molecular formula is C14H17N3O2. The van der Waals surface area contributed by atoms with Gasteiger partial charge in [-0.2, -0.15) is 5.26 Å². The molecule has 1 aliphatic heterocycles. The highest BCUT2D eigenvalue weighted by Gasteiger charge is 2.20. The molecular weight excluding hydrogens is 242 g/mol. The predicted octanol–water partition coefficient (Wildman–Crippen LogP) is 3.24. The van der Waals surface area contributed by atoms with Crippen LogP contribution in [0.2, 0.25) is 0 Å².